The van der Waals surface area contributed by atoms with Crippen molar-refractivity contribution in [3.05, 3.63) is 23.3 Å². The van der Waals surface area contributed by atoms with E-state index in [1.807, 2.05) is 19.9 Å². The lowest BCUT2D eigenvalue weighted by molar-refractivity contribution is -0.141. The molecular formula is C17H23N5O3. The zero-order chi connectivity index (χ0) is 18.1. The van der Waals surface area contributed by atoms with Crippen LogP contribution in [0.2, 0.25) is 0 Å². The molecule has 0 radical (unpaired) electrons. The number of likely N-dealkylation sites (tertiary alicyclic amines) is 1. The maximum Gasteiger partial charge on any atom is 0.379 e. The lowest BCUT2D eigenvalue weighted by Gasteiger charge is -2.31. The second kappa shape index (κ2) is 6.78. The summed E-state index contributed by atoms with van der Waals surface area (Å²) in [5.41, 5.74) is 1.61. The van der Waals surface area contributed by atoms with Crippen molar-refractivity contribution in [1.29, 1.82) is 0 Å². The average Bonchev–Trinajstić information content (AvgIpc) is 2.99. The second-order valence-corrected chi connectivity index (χ2v) is 6.74. The van der Waals surface area contributed by atoms with E-state index < -0.39 is 12.1 Å². The summed E-state index contributed by atoms with van der Waals surface area (Å²) in [4.78, 5) is 34.8. The van der Waals surface area contributed by atoms with Crippen molar-refractivity contribution >= 4 is 17.7 Å². The molecule has 1 saturated heterocycles. The number of fused-ring (bicyclic) bond motifs is 1. The van der Waals surface area contributed by atoms with Crippen LogP contribution in [-0.2, 0) is 9.53 Å². The average molecular weight is 345 g/mol. The number of nitrogens with zero attached hydrogens (tertiary/aromatic N) is 5. The van der Waals surface area contributed by atoms with Gasteiger partial charge in [-0.3, -0.25) is 4.79 Å². The van der Waals surface area contributed by atoms with E-state index in [9.17, 15) is 9.59 Å². The molecule has 0 spiro atoms. The van der Waals surface area contributed by atoms with Crippen molar-refractivity contribution in [1.82, 2.24) is 24.5 Å². The summed E-state index contributed by atoms with van der Waals surface area (Å²) in [5, 5.41) is 4.13. The first-order valence-electron chi connectivity index (χ1n) is 8.56. The van der Waals surface area contributed by atoms with Gasteiger partial charge in [0.25, 0.3) is 17.5 Å². The molecule has 0 unspecified atom stereocenters. The molecule has 3 heterocycles. The van der Waals surface area contributed by atoms with Crippen molar-refractivity contribution in [3.63, 3.8) is 0 Å². The van der Waals surface area contributed by atoms with Gasteiger partial charge < -0.3 is 9.64 Å². The minimum absolute atomic E-state index is 0.0897. The van der Waals surface area contributed by atoms with Crippen LogP contribution < -0.4 is 0 Å². The Hall–Kier alpha value is -2.51. The minimum Gasteiger partial charge on any atom is -0.447 e. The largest absolute Gasteiger partial charge is 0.447 e. The van der Waals surface area contributed by atoms with Crippen LogP contribution in [0.15, 0.2) is 6.07 Å². The van der Waals surface area contributed by atoms with Gasteiger partial charge in [-0.2, -0.15) is 4.98 Å². The van der Waals surface area contributed by atoms with Crippen LogP contribution in [0.25, 0.3) is 5.78 Å². The molecule has 8 nitrogen and oxygen atoms in total. The van der Waals surface area contributed by atoms with E-state index in [4.69, 9.17) is 4.74 Å². The van der Waals surface area contributed by atoms with Gasteiger partial charge in [0.05, 0.1) is 0 Å². The molecule has 1 atom stereocenters. The van der Waals surface area contributed by atoms with Crippen molar-refractivity contribution in [3.8, 4) is 0 Å². The summed E-state index contributed by atoms with van der Waals surface area (Å²) >= 11 is 0. The molecule has 1 amide bonds. The Morgan fingerprint density at radius 2 is 1.92 bits per heavy atom. The fraction of sp³-hybridized carbons (Fsp3) is 0.588. The van der Waals surface area contributed by atoms with Crippen LogP contribution >= 0.6 is 0 Å². The molecule has 2 aromatic rings. The molecule has 25 heavy (non-hydrogen) atoms. The highest BCUT2D eigenvalue weighted by atomic mass is 16.5. The van der Waals surface area contributed by atoms with Crippen LogP contribution in [0.3, 0.4) is 0 Å². The van der Waals surface area contributed by atoms with Gasteiger partial charge in [-0.15, -0.1) is 5.10 Å². The van der Waals surface area contributed by atoms with Gasteiger partial charge in [-0.1, -0.05) is 6.92 Å². The van der Waals surface area contributed by atoms with E-state index in [0.717, 1.165) is 24.2 Å². The molecule has 0 saturated carbocycles. The Bertz CT molecular complexity index is 808. The number of hydrogen-bond donors (Lipinski definition) is 0. The smallest absolute Gasteiger partial charge is 0.379 e. The monoisotopic (exact) mass is 345 g/mol. The number of carbonyl (C=O) groups excluding carboxylic acids is 2. The molecule has 0 N–H and O–H groups in total. The molecular weight excluding hydrogens is 322 g/mol. The standard InChI is InChI=1S/C17H23N5O3/c1-10-5-7-21(8-6-10)15(23)13(4)25-16(24)14-19-17-18-11(2)9-12(3)22(17)20-14/h9-10,13H,5-8H2,1-4H3/t13-/m0/s1. The van der Waals surface area contributed by atoms with E-state index in [-0.39, 0.29) is 11.7 Å². The van der Waals surface area contributed by atoms with Crippen molar-refractivity contribution in [2.75, 3.05) is 13.1 Å². The highest BCUT2D eigenvalue weighted by molar-refractivity contribution is 5.89. The number of piperidine rings is 1. The third-order valence-electron chi connectivity index (χ3n) is 4.53. The Kier molecular flexibility index (Phi) is 4.69. The Labute approximate surface area is 146 Å². The van der Waals surface area contributed by atoms with Crippen LogP contribution in [-0.4, -0.2) is 55.6 Å². The summed E-state index contributed by atoms with van der Waals surface area (Å²) in [7, 11) is 0. The Morgan fingerprint density at radius 3 is 2.60 bits per heavy atom. The minimum atomic E-state index is -0.858. The fourth-order valence-corrected chi connectivity index (χ4v) is 3.00. The molecule has 8 heteroatoms. The molecule has 0 bridgehead atoms. The van der Waals surface area contributed by atoms with Gasteiger partial charge in [0.15, 0.2) is 6.10 Å². The van der Waals surface area contributed by atoms with E-state index in [1.165, 1.54) is 4.52 Å². The van der Waals surface area contributed by atoms with Crippen LogP contribution in [0.4, 0.5) is 0 Å². The number of esters is 1. The number of amides is 1. The first-order chi connectivity index (χ1) is 11.8. The molecule has 1 aliphatic heterocycles. The van der Waals surface area contributed by atoms with Gasteiger partial charge >= 0.3 is 5.97 Å². The summed E-state index contributed by atoms with van der Waals surface area (Å²) in [6.07, 6.45) is 1.10. The first kappa shape index (κ1) is 17.3. The van der Waals surface area contributed by atoms with Gasteiger partial charge in [-0.25, -0.2) is 14.3 Å². The first-order valence-corrected chi connectivity index (χ1v) is 8.56. The molecule has 134 valence electrons. The van der Waals surface area contributed by atoms with E-state index >= 15 is 0 Å². The summed E-state index contributed by atoms with van der Waals surface area (Å²) in [5.74, 6) is -0.00668. The summed E-state index contributed by atoms with van der Waals surface area (Å²) < 4.78 is 6.77. The van der Waals surface area contributed by atoms with Crippen molar-refractivity contribution in [2.24, 2.45) is 5.92 Å². The normalized spacial score (nSPS) is 16.9. The predicted molar refractivity (Wildman–Crippen MR) is 90.1 cm³/mol. The number of carbonyl (C=O) groups is 2. The lowest BCUT2D eigenvalue weighted by atomic mass is 9.99. The van der Waals surface area contributed by atoms with Crippen LogP contribution in [0.1, 0.15) is 48.7 Å². The SMILES string of the molecule is Cc1cc(C)n2nc(C(=O)O[C@@H](C)C(=O)N3CCC(C)CC3)nc2n1. The Morgan fingerprint density at radius 1 is 1.24 bits per heavy atom. The van der Waals surface area contributed by atoms with Gasteiger partial charge in [0.1, 0.15) is 0 Å². The van der Waals surface area contributed by atoms with E-state index in [0.29, 0.717) is 24.8 Å². The highest BCUT2D eigenvalue weighted by Gasteiger charge is 2.28. The third kappa shape index (κ3) is 3.62. The molecule has 0 aliphatic carbocycles. The number of aromatic nitrogens is 4. The maximum atomic E-state index is 12.4. The number of hydrogen-bond acceptors (Lipinski definition) is 6. The van der Waals surface area contributed by atoms with Crippen molar-refractivity contribution in [2.45, 2.75) is 46.6 Å². The topological polar surface area (TPSA) is 89.7 Å². The maximum absolute atomic E-state index is 12.4. The number of rotatable bonds is 3. The predicted octanol–water partition coefficient (Wildman–Crippen LogP) is 1.54. The fourth-order valence-electron chi connectivity index (χ4n) is 3.00. The number of ether oxygens (including phenoxy) is 1. The zero-order valence-corrected chi connectivity index (χ0v) is 15.0. The molecule has 0 aromatic carbocycles. The van der Waals surface area contributed by atoms with Gasteiger partial charge in [0, 0.05) is 24.5 Å². The molecule has 1 aliphatic rings. The number of aryl methyl sites for hydroxylation is 2. The molecule has 3 rings (SSSR count). The lowest BCUT2D eigenvalue weighted by Crippen LogP contribution is -2.44. The van der Waals surface area contributed by atoms with E-state index in [1.54, 1.807) is 11.8 Å². The van der Waals surface area contributed by atoms with Crippen molar-refractivity contribution < 1.29 is 14.3 Å². The zero-order valence-electron chi connectivity index (χ0n) is 15.0. The molecule has 2 aromatic heterocycles. The summed E-state index contributed by atoms with van der Waals surface area (Å²) in [6, 6.07) is 1.85. The van der Waals surface area contributed by atoms with Gasteiger partial charge in [0.2, 0.25) is 0 Å². The second-order valence-electron chi connectivity index (χ2n) is 6.74. The van der Waals surface area contributed by atoms with E-state index in [2.05, 4.69) is 22.0 Å². The summed E-state index contributed by atoms with van der Waals surface area (Å²) in [6.45, 7) is 8.88. The van der Waals surface area contributed by atoms with Crippen LogP contribution in [0, 0.1) is 19.8 Å². The molecule has 1 fully saturated rings. The van der Waals surface area contributed by atoms with Gasteiger partial charge in [-0.05, 0) is 45.6 Å². The highest BCUT2D eigenvalue weighted by Crippen LogP contribution is 2.17. The third-order valence-corrected chi connectivity index (χ3v) is 4.53. The Balaban J connectivity index is 1.69. The quantitative estimate of drug-likeness (QED) is 0.784. The van der Waals surface area contributed by atoms with Crippen LogP contribution in [0.5, 0.6) is 0 Å².